The number of aliphatic hydroxyl groups is 1. The van der Waals surface area contributed by atoms with Crippen LogP contribution in [-0.4, -0.2) is 17.2 Å². The number of para-hydroxylation sites is 1. The summed E-state index contributed by atoms with van der Waals surface area (Å²) in [6.07, 6.45) is 2.34. The molecule has 0 bridgehead atoms. The number of ether oxygens (including phenoxy) is 1. The van der Waals surface area contributed by atoms with Crippen LogP contribution in [-0.2, 0) is 4.79 Å². The Labute approximate surface area is 95.0 Å². The number of esters is 1. The molecule has 3 heteroatoms. The third kappa shape index (κ3) is 2.42. The Kier molecular flexibility index (Phi) is 3.25. The first kappa shape index (κ1) is 11.1. The fourth-order valence-electron chi connectivity index (χ4n) is 2.31. The predicted molar refractivity (Wildman–Crippen MR) is 60.3 cm³/mol. The first-order valence-electron chi connectivity index (χ1n) is 5.62. The quantitative estimate of drug-likeness (QED) is 0.614. The van der Waals surface area contributed by atoms with Gasteiger partial charge in [-0.25, -0.2) is 0 Å². The first-order chi connectivity index (χ1) is 7.66. The minimum atomic E-state index is -0.300. The Balaban J connectivity index is 2.22. The highest BCUT2D eigenvalue weighted by atomic mass is 16.5. The minimum Gasteiger partial charge on any atom is -0.426 e. The van der Waals surface area contributed by atoms with Gasteiger partial charge in [0, 0.05) is 6.92 Å². The highest BCUT2D eigenvalue weighted by Crippen LogP contribution is 2.38. The van der Waals surface area contributed by atoms with Crippen molar-refractivity contribution in [3.05, 3.63) is 29.8 Å². The Hall–Kier alpha value is -1.35. The maximum atomic E-state index is 11.0. The van der Waals surface area contributed by atoms with Crippen molar-refractivity contribution in [1.29, 1.82) is 0 Å². The van der Waals surface area contributed by atoms with Crippen molar-refractivity contribution in [1.82, 2.24) is 0 Å². The largest absolute Gasteiger partial charge is 0.426 e. The highest BCUT2D eigenvalue weighted by molar-refractivity contribution is 5.69. The standard InChI is InChI=1S/C13H16O3/c1-9(14)16-13-5-3-2-4-12(13)10-6-7-11(15)8-10/h2-5,10-11,15H,6-8H2,1H3. The Morgan fingerprint density at radius 1 is 1.38 bits per heavy atom. The van der Waals surface area contributed by atoms with Crippen molar-refractivity contribution in [2.45, 2.75) is 38.2 Å². The second-order valence-electron chi connectivity index (χ2n) is 4.30. The molecule has 1 fully saturated rings. The summed E-state index contributed by atoms with van der Waals surface area (Å²) in [5, 5.41) is 9.53. The zero-order valence-electron chi connectivity index (χ0n) is 9.35. The van der Waals surface area contributed by atoms with Crippen molar-refractivity contribution in [3.8, 4) is 5.75 Å². The zero-order valence-corrected chi connectivity index (χ0v) is 9.35. The van der Waals surface area contributed by atoms with E-state index in [0.29, 0.717) is 11.7 Å². The predicted octanol–water partition coefficient (Wildman–Crippen LogP) is 2.24. The molecule has 1 aliphatic rings. The Morgan fingerprint density at radius 3 is 2.75 bits per heavy atom. The molecule has 1 N–H and O–H groups in total. The van der Waals surface area contributed by atoms with Crippen LogP contribution in [0.25, 0.3) is 0 Å². The van der Waals surface area contributed by atoms with Gasteiger partial charge in [0.1, 0.15) is 5.75 Å². The van der Waals surface area contributed by atoms with E-state index in [1.807, 2.05) is 18.2 Å². The molecule has 2 atom stereocenters. The molecule has 1 aromatic rings. The number of carbonyl (C=O) groups excluding carboxylic acids is 1. The lowest BCUT2D eigenvalue weighted by atomic mass is 9.96. The zero-order chi connectivity index (χ0) is 11.5. The molecule has 16 heavy (non-hydrogen) atoms. The van der Waals surface area contributed by atoms with Crippen LogP contribution in [0.15, 0.2) is 24.3 Å². The van der Waals surface area contributed by atoms with Gasteiger partial charge in [-0.1, -0.05) is 18.2 Å². The second-order valence-corrected chi connectivity index (χ2v) is 4.30. The van der Waals surface area contributed by atoms with Crippen LogP contribution in [0.3, 0.4) is 0 Å². The van der Waals surface area contributed by atoms with E-state index < -0.39 is 0 Å². The van der Waals surface area contributed by atoms with E-state index in [9.17, 15) is 9.90 Å². The summed E-state index contributed by atoms with van der Waals surface area (Å²) in [5.41, 5.74) is 1.04. The van der Waals surface area contributed by atoms with Crippen molar-refractivity contribution in [3.63, 3.8) is 0 Å². The van der Waals surface area contributed by atoms with Crippen molar-refractivity contribution >= 4 is 5.97 Å². The van der Waals surface area contributed by atoms with Crippen LogP contribution >= 0.6 is 0 Å². The van der Waals surface area contributed by atoms with Crippen LogP contribution in [0.5, 0.6) is 5.75 Å². The second kappa shape index (κ2) is 4.66. The molecule has 3 nitrogen and oxygen atoms in total. The van der Waals surface area contributed by atoms with Crippen LogP contribution in [0, 0.1) is 0 Å². The lowest BCUT2D eigenvalue weighted by Crippen LogP contribution is -2.06. The molecule has 86 valence electrons. The normalized spacial score (nSPS) is 24.4. The SMILES string of the molecule is CC(=O)Oc1ccccc1C1CCC(O)C1. The molecule has 0 saturated heterocycles. The molecule has 1 saturated carbocycles. The van der Waals surface area contributed by atoms with Gasteiger partial charge in [-0.2, -0.15) is 0 Å². The van der Waals surface area contributed by atoms with E-state index in [0.717, 1.165) is 24.8 Å². The van der Waals surface area contributed by atoms with E-state index in [1.54, 1.807) is 6.07 Å². The minimum absolute atomic E-state index is 0.213. The van der Waals surface area contributed by atoms with E-state index in [1.165, 1.54) is 6.92 Å². The third-order valence-electron chi connectivity index (χ3n) is 3.02. The molecule has 1 aromatic carbocycles. The van der Waals surface area contributed by atoms with Crippen LogP contribution in [0.4, 0.5) is 0 Å². The molecule has 0 radical (unpaired) electrons. The van der Waals surface area contributed by atoms with Gasteiger partial charge in [-0.05, 0) is 36.8 Å². The van der Waals surface area contributed by atoms with Gasteiger partial charge in [0.25, 0.3) is 0 Å². The molecular formula is C13H16O3. The van der Waals surface area contributed by atoms with E-state index in [-0.39, 0.29) is 12.1 Å². The molecule has 2 unspecified atom stereocenters. The number of carbonyl (C=O) groups is 1. The number of hydrogen-bond donors (Lipinski definition) is 1. The molecule has 0 amide bonds. The lowest BCUT2D eigenvalue weighted by molar-refractivity contribution is -0.131. The summed E-state index contributed by atoms with van der Waals surface area (Å²) in [7, 11) is 0. The monoisotopic (exact) mass is 220 g/mol. The number of aliphatic hydroxyl groups excluding tert-OH is 1. The Morgan fingerprint density at radius 2 is 2.12 bits per heavy atom. The molecule has 0 spiro atoms. The molecular weight excluding hydrogens is 204 g/mol. The summed E-state index contributed by atoms with van der Waals surface area (Å²) >= 11 is 0. The summed E-state index contributed by atoms with van der Waals surface area (Å²) in [4.78, 5) is 11.0. The average Bonchev–Trinajstić information content (AvgIpc) is 2.65. The topological polar surface area (TPSA) is 46.5 Å². The fourth-order valence-corrected chi connectivity index (χ4v) is 2.31. The smallest absolute Gasteiger partial charge is 0.308 e. The van der Waals surface area contributed by atoms with Crippen molar-refractivity contribution < 1.29 is 14.6 Å². The fraction of sp³-hybridized carbons (Fsp3) is 0.462. The molecule has 2 rings (SSSR count). The third-order valence-corrected chi connectivity index (χ3v) is 3.02. The van der Waals surface area contributed by atoms with Gasteiger partial charge in [-0.3, -0.25) is 4.79 Å². The first-order valence-corrected chi connectivity index (χ1v) is 5.62. The lowest BCUT2D eigenvalue weighted by Gasteiger charge is -2.14. The number of rotatable bonds is 2. The van der Waals surface area contributed by atoms with Gasteiger partial charge in [0.05, 0.1) is 6.10 Å². The van der Waals surface area contributed by atoms with Crippen molar-refractivity contribution in [2.75, 3.05) is 0 Å². The molecule has 0 heterocycles. The number of benzene rings is 1. The summed E-state index contributed by atoms with van der Waals surface area (Å²) in [6.45, 7) is 1.40. The Bertz CT molecular complexity index is 387. The van der Waals surface area contributed by atoms with E-state index in [2.05, 4.69) is 0 Å². The summed E-state index contributed by atoms with van der Waals surface area (Å²) in [5.74, 6) is 0.644. The van der Waals surface area contributed by atoms with Gasteiger partial charge >= 0.3 is 5.97 Å². The average molecular weight is 220 g/mol. The molecule has 0 aromatic heterocycles. The number of hydrogen-bond acceptors (Lipinski definition) is 3. The van der Waals surface area contributed by atoms with Gasteiger partial charge in [0.15, 0.2) is 0 Å². The van der Waals surface area contributed by atoms with E-state index >= 15 is 0 Å². The van der Waals surface area contributed by atoms with E-state index in [4.69, 9.17) is 4.74 Å². The maximum Gasteiger partial charge on any atom is 0.308 e. The van der Waals surface area contributed by atoms with Crippen LogP contribution in [0.2, 0.25) is 0 Å². The summed E-state index contributed by atoms with van der Waals surface area (Å²) in [6, 6.07) is 7.57. The van der Waals surface area contributed by atoms with Gasteiger partial charge in [-0.15, -0.1) is 0 Å². The van der Waals surface area contributed by atoms with Crippen LogP contribution < -0.4 is 4.74 Å². The molecule has 1 aliphatic carbocycles. The maximum absolute atomic E-state index is 11.0. The van der Waals surface area contributed by atoms with Crippen molar-refractivity contribution in [2.24, 2.45) is 0 Å². The van der Waals surface area contributed by atoms with Gasteiger partial charge < -0.3 is 9.84 Å². The highest BCUT2D eigenvalue weighted by Gasteiger charge is 2.26. The van der Waals surface area contributed by atoms with Crippen LogP contribution in [0.1, 0.15) is 37.7 Å². The molecule has 0 aliphatic heterocycles. The van der Waals surface area contributed by atoms with Gasteiger partial charge in [0.2, 0.25) is 0 Å². The summed E-state index contributed by atoms with van der Waals surface area (Å²) < 4.78 is 5.17.